The second-order valence-corrected chi connectivity index (χ2v) is 7.24. The summed E-state index contributed by atoms with van der Waals surface area (Å²) in [7, 11) is 1.62. The molecule has 0 bridgehead atoms. The Hall–Kier alpha value is -2.14. The smallest absolute Gasteiger partial charge is 0.182 e. The average molecular weight is 415 g/mol. The van der Waals surface area contributed by atoms with Crippen LogP contribution >= 0.6 is 15.9 Å². The highest BCUT2D eigenvalue weighted by Crippen LogP contribution is 2.22. The Bertz CT molecular complexity index is 770. The van der Waals surface area contributed by atoms with E-state index in [1.54, 1.807) is 7.11 Å². The van der Waals surface area contributed by atoms with Crippen molar-refractivity contribution in [2.45, 2.75) is 25.7 Å². The number of hydrogen-bond acceptors (Lipinski definition) is 4. The number of carbonyl (C=O) groups excluding carboxylic acids is 1. The molecule has 0 aromatic heterocycles. The molecule has 1 heterocycles. The standard InChI is InChI=1S/C21H23BrN2O2/c1-26-19-12-6-16(7-13-19)20(25)15-24(18-10-8-17(22)9-11-18)21-5-3-2-4-14-23-21/h6-13H,2-5,14-15H2,1H3. The number of halogens is 1. The highest BCUT2D eigenvalue weighted by atomic mass is 79.9. The normalized spacial score (nSPS) is 14.3. The number of ketones is 1. The lowest BCUT2D eigenvalue weighted by atomic mass is 10.1. The Kier molecular flexibility index (Phi) is 6.45. The van der Waals surface area contributed by atoms with Gasteiger partial charge in [-0.2, -0.15) is 0 Å². The minimum atomic E-state index is 0.0718. The van der Waals surface area contributed by atoms with Crippen molar-refractivity contribution in [3.8, 4) is 5.75 Å². The van der Waals surface area contributed by atoms with Crippen molar-refractivity contribution in [1.82, 2.24) is 0 Å². The molecule has 0 radical (unpaired) electrons. The first-order valence-electron chi connectivity index (χ1n) is 8.91. The second kappa shape index (κ2) is 8.99. The van der Waals surface area contributed by atoms with E-state index in [0.29, 0.717) is 5.56 Å². The molecule has 26 heavy (non-hydrogen) atoms. The number of carbonyl (C=O) groups is 1. The van der Waals surface area contributed by atoms with Crippen molar-refractivity contribution in [1.29, 1.82) is 0 Å². The van der Waals surface area contributed by atoms with Crippen molar-refractivity contribution in [3.63, 3.8) is 0 Å². The van der Waals surface area contributed by atoms with Gasteiger partial charge in [-0.05, 0) is 61.4 Å². The third kappa shape index (κ3) is 4.73. The van der Waals surface area contributed by atoms with Gasteiger partial charge in [-0.3, -0.25) is 9.79 Å². The van der Waals surface area contributed by atoms with Crippen LogP contribution in [0.5, 0.6) is 5.75 Å². The number of ether oxygens (including phenoxy) is 1. The topological polar surface area (TPSA) is 41.9 Å². The van der Waals surface area contributed by atoms with E-state index in [4.69, 9.17) is 9.73 Å². The van der Waals surface area contributed by atoms with E-state index in [0.717, 1.165) is 47.6 Å². The Morgan fingerprint density at radius 3 is 2.50 bits per heavy atom. The zero-order valence-electron chi connectivity index (χ0n) is 15.0. The maximum absolute atomic E-state index is 12.9. The predicted molar refractivity (Wildman–Crippen MR) is 110 cm³/mol. The largest absolute Gasteiger partial charge is 0.497 e. The zero-order valence-corrected chi connectivity index (χ0v) is 16.5. The molecule has 0 saturated carbocycles. The lowest BCUT2D eigenvalue weighted by molar-refractivity contribution is 0.100. The maximum atomic E-state index is 12.9. The lowest BCUT2D eigenvalue weighted by Gasteiger charge is -2.25. The van der Waals surface area contributed by atoms with Gasteiger partial charge in [-0.15, -0.1) is 0 Å². The quantitative estimate of drug-likeness (QED) is 0.637. The summed E-state index contributed by atoms with van der Waals surface area (Å²) in [6, 6.07) is 15.3. The van der Waals surface area contributed by atoms with E-state index >= 15 is 0 Å². The van der Waals surface area contributed by atoms with Crippen molar-refractivity contribution in [2.24, 2.45) is 4.99 Å². The number of hydrogen-bond donors (Lipinski definition) is 0. The number of rotatable bonds is 5. The highest BCUT2D eigenvalue weighted by Gasteiger charge is 2.19. The van der Waals surface area contributed by atoms with Crippen molar-refractivity contribution in [2.75, 3.05) is 25.1 Å². The lowest BCUT2D eigenvalue weighted by Crippen LogP contribution is -2.36. The molecule has 1 aliphatic heterocycles. The molecule has 0 fully saturated rings. The predicted octanol–water partition coefficient (Wildman–Crippen LogP) is 5.12. The number of aliphatic imine (C=N–C) groups is 1. The van der Waals surface area contributed by atoms with Crippen LogP contribution < -0.4 is 9.64 Å². The Morgan fingerprint density at radius 1 is 1.08 bits per heavy atom. The van der Waals surface area contributed by atoms with Gasteiger partial charge in [0.1, 0.15) is 11.6 Å². The molecule has 136 valence electrons. The molecule has 0 unspecified atom stereocenters. The van der Waals surface area contributed by atoms with E-state index in [1.807, 2.05) is 48.5 Å². The summed E-state index contributed by atoms with van der Waals surface area (Å²) in [5.74, 6) is 1.83. The van der Waals surface area contributed by atoms with Crippen LogP contribution in [0.25, 0.3) is 0 Å². The SMILES string of the molecule is COc1ccc(C(=O)CN(C2=NCCCCC2)c2ccc(Br)cc2)cc1. The van der Waals surface area contributed by atoms with E-state index < -0.39 is 0 Å². The minimum Gasteiger partial charge on any atom is -0.497 e. The number of amidine groups is 1. The molecule has 2 aromatic rings. The Balaban J connectivity index is 1.85. The molecule has 0 aliphatic carbocycles. The summed E-state index contributed by atoms with van der Waals surface area (Å²) in [6.45, 7) is 1.12. The molecule has 0 spiro atoms. The van der Waals surface area contributed by atoms with Gasteiger partial charge in [0.2, 0.25) is 0 Å². The minimum absolute atomic E-state index is 0.0718. The first-order chi connectivity index (χ1) is 12.7. The fourth-order valence-corrected chi connectivity index (χ4v) is 3.31. The first kappa shape index (κ1) is 18.6. The van der Waals surface area contributed by atoms with Crippen molar-refractivity contribution >= 4 is 33.2 Å². The van der Waals surface area contributed by atoms with Gasteiger partial charge in [-0.25, -0.2) is 0 Å². The molecule has 3 rings (SSSR count). The molecule has 1 aliphatic rings. The third-order valence-electron chi connectivity index (χ3n) is 4.52. The van der Waals surface area contributed by atoms with Gasteiger partial charge in [0.05, 0.1) is 13.7 Å². The van der Waals surface area contributed by atoms with Gasteiger partial charge in [0.25, 0.3) is 0 Å². The van der Waals surface area contributed by atoms with Crippen LogP contribution in [0, 0.1) is 0 Å². The molecule has 0 amide bonds. The van der Waals surface area contributed by atoms with Gasteiger partial charge >= 0.3 is 0 Å². The molecule has 0 saturated heterocycles. The van der Waals surface area contributed by atoms with Gasteiger partial charge < -0.3 is 9.64 Å². The maximum Gasteiger partial charge on any atom is 0.182 e. The molecule has 2 aromatic carbocycles. The molecule has 5 heteroatoms. The summed E-state index contributed by atoms with van der Waals surface area (Å²) in [5, 5.41) is 0. The summed E-state index contributed by atoms with van der Waals surface area (Å²) in [4.78, 5) is 19.7. The van der Waals surface area contributed by atoms with Crippen LogP contribution in [0.1, 0.15) is 36.0 Å². The van der Waals surface area contributed by atoms with Crippen LogP contribution in [0.4, 0.5) is 5.69 Å². The zero-order chi connectivity index (χ0) is 18.4. The van der Waals surface area contributed by atoms with Crippen LogP contribution in [0.3, 0.4) is 0 Å². The number of benzene rings is 2. The number of Topliss-reactive ketones (excluding diaryl/α,β-unsaturated/α-hetero) is 1. The molecule has 0 atom stereocenters. The van der Waals surface area contributed by atoms with E-state index in [9.17, 15) is 4.79 Å². The van der Waals surface area contributed by atoms with E-state index in [1.165, 1.54) is 6.42 Å². The Labute approximate surface area is 163 Å². The molecule has 4 nitrogen and oxygen atoms in total. The number of methoxy groups -OCH3 is 1. The van der Waals surface area contributed by atoms with Gasteiger partial charge in [0, 0.05) is 28.7 Å². The van der Waals surface area contributed by atoms with Crippen molar-refractivity contribution < 1.29 is 9.53 Å². The third-order valence-corrected chi connectivity index (χ3v) is 5.05. The monoisotopic (exact) mass is 414 g/mol. The molecular weight excluding hydrogens is 392 g/mol. The van der Waals surface area contributed by atoms with Crippen LogP contribution in [-0.4, -0.2) is 31.8 Å². The second-order valence-electron chi connectivity index (χ2n) is 6.32. The highest BCUT2D eigenvalue weighted by molar-refractivity contribution is 9.10. The number of nitrogens with zero attached hydrogens (tertiary/aromatic N) is 2. The average Bonchev–Trinajstić information content (AvgIpc) is 2.96. The number of anilines is 1. The molecule has 0 N–H and O–H groups in total. The fourth-order valence-electron chi connectivity index (χ4n) is 3.04. The van der Waals surface area contributed by atoms with Gasteiger partial charge in [-0.1, -0.05) is 22.4 Å². The summed E-state index contributed by atoms with van der Waals surface area (Å²) >= 11 is 3.48. The molecular formula is C21H23BrN2O2. The fraction of sp³-hybridized carbons (Fsp3) is 0.333. The van der Waals surface area contributed by atoms with E-state index in [2.05, 4.69) is 20.8 Å². The van der Waals surface area contributed by atoms with Crippen molar-refractivity contribution in [3.05, 3.63) is 58.6 Å². The first-order valence-corrected chi connectivity index (χ1v) is 9.70. The van der Waals surface area contributed by atoms with E-state index in [-0.39, 0.29) is 12.3 Å². The van der Waals surface area contributed by atoms with Crippen LogP contribution in [-0.2, 0) is 0 Å². The van der Waals surface area contributed by atoms with Crippen LogP contribution in [0.2, 0.25) is 0 Å². The van der Waals surface area contributed by atoms with Gasteiger partial charge in [0.15, 0.2) is 5.78 Å². The Morgan fingerprint density at radius 2 is 1.81 bits per heavy atom. The van der Waals surface area contributed by atoms with Crippen LogP contribution in [0.15, 0.2) is 58.0 Å². The summed E-state index contributed by atoms with van der Waals surface area (Å²) in [5.41, 5.74) is 1.68. The summed E-state index contributed by atoms with van der Waals surface area (Å²) < 4.78 is 6.19. The summed E-state index contributed by atoms with van der Waals surface area (Å²) in [6.07, 6.45) is 4.33.